The van der Waals surface area contributed by atoms with Crippen molar-refractivity contribution in [3.63, 3.8) is 0 Å². The van der Waals surface area contributed by atoms with Gasteiger partial charge in [0.15, 0.2) is 0 Å². The molecule has 0 atom stereocenters. The second-order valence-electron chi connectivity index (χ2n) is 2.92. The van der Waals surface area contributed by atoms with Gasteiger partial charge in [-0.1, -0.05) is 6.92 Å². The van der Waals surface area contributed by atoms with Crippen LogP contribution in [0.5, 0.6) is 0 Å². The van der Waals surface area contributed by atoms with E-state index in [2.05, 4.69) is 29.1 Å². The van der Waals surface area contributed by atoms with Crippen molar-refractivity contribution in [3.8, 4) is 0 Å². The predicted octanol–water partition coefficient (Wildman–Crippen LogP) is 2.26. The fourth-order valence-corrected chi connectivity index (χ4v) is 1.69. The zero-order chi connectivity index (χ0) is 9.36. The Morgan fingerprint density at radius 1 is 1.46 bits per heavy atom. The van der Waals surface area contributed by atoms with E-state index in [0.29, 0.717) is 0 Å². The highest BCUT2D eigenvalue weighted by Crippen LogP contribution is 2.04. The van der Waals surface area contributed by atoms with Crippen LogP contribution in [0.15, 0.2) is 16.8 Å². The van der Waals surface area contributed by atoms with E-state index < -0.39 is 0 Å². The molecule has 1 heterocycles. The molecule has 0 fully saturated rings. The lowest BCUT2D eigenvalue weighted by atomic mass is 10.3. The van der Waals surface area contributed by atoms with Crippen molar-refractivity contribution in [2.24, 2.45) is 0 Å². The molecule has 0 aromatic carbocycles. The molecule has 13 heavy (non-hydrogen) atoms. The Hall–Kier alpha value is -0.380. The van der Waals surface area contributed by atoms with Gasteiger partial charge in [-0.05, 0) is 28.8 Å². The van der Waals surface area contributed by atoms with Crippen molar-refractivity contribution < 1.29 is 4.74 Å². The molecule has 0 unspecified atom stereocenters. The number of ether oxygens (including phenoxy) is 1. The molecule has 1 rings (SSSR count). The number of nitrogens with one attached hydrogen (secondary N) is 1. The summed E-state index contributed by atoms with van der Waals surface area (Å²) in [6, 6.07) is 2.14. The van der Waals surface area contributed by atoms with Gasteiger partial charge < -0.3 is 10.1 Å². The van der Waals surface area contributed by atoms with E-state index in [4.69, 9.17) is 4.74 Å². The molecular weight excluding hydrogens is 182 g/mol. The maximum Gasteiger partial charge on any atom is 0.0591 e. The molecule has 0 aliphatic rings. The highest BCUT2D eigenvalue weighted by atomic mass is 32.1. The fraction of sp³-hybridized carbons (Fsp3) is 0.600. The van der Waals surface area contributed by atoms with E-state index in [1.54, 1.807) is 11.3 Å². The van der Waals surface area contributed by atoms with Gasteiger partial charge in [0.1, 0.15) is 0 Å². The molecule has 1 N–H and O–H groups in total. The van der Waals surface area contributed by atoms with Crippen molar-refractivity contribution in [1.29, 1.82) is 0 Å². The molecular formula is C10H17NOS. The molecule has 0 radical (unpaired) electrons. The lowest BCUT2D eigenvalue weighted by molar-refractivity contribution is 0.136. The summed E-state index contributed by atoms with van der Waals surface area (Å²) in [6.45, 7) is 5.71. The second-order valence-corrected chi connectivity index (χ2v) is 3.70. The molecule has 3 heteroatoms. The third-order valence-electron chi connectivity index (χ3n) is 1.68. The molecule has 0 amide bonds. The largest absolute Gasteiger partial charge is 0.380 e. The molecule has 0 spiro atoms. The summed E-state index contributed by atoms with van der Waals surface area (Å²) >= 11 is 1.74. The van der Waals surface area contributed by atoms with Crippen LogP contribution in [0.4, 0.5) is 0 Å². The normalized spacial score (nSPS) is 10.5. The predicted molar refractivity (Wildman–Crippen MR) is 57.1 cm³/mol. The van der Waals surface area contributed by atoms with Crippen LogP contribution in [0.25, 0.3) is 0 Å². The van der Waals surface area contributed by atoms with E-state index in [1.165, 1.54) is 5.56 Å². The lowest BCUT2D eigenvalue weighted by Crippen LogP contribution is -2.19. The van der Waals surface area contributed by atoms with Crippen molar-refractivity contribution in [3.05, 3.63) is 22.4 Å². The molecule has 74 valence electrons. The maximum atomic E-state index is 5.34. The fourth-order valence-electron chi connectivity index (χ4n) is 1.02. The van der Waals surface area contributed by atoms with Crippen LogP contribution in [0.2, 0.25) is 0 Å². The first-order valence-corrected chi connectivity index (χ1v) is 5.67. The zero-order valence-corrected chi connectivity index (χ0v) is 8.90. The number of hydrogen-bond donors (Lipinski definition) is 1. The molecule has 1 aromatic heterocycles. The number of rotatable bonds is 7. The third kappa shape index (κ3) is 5.03. The van der Waals surface area contributed by atoms with Gasteiger partial charge in [-0.2, -0.15) is 11.3 Å². The summed E-state index contributed by atoms with van der Waals surface area (Å²) in [5.74, 6) is 0. The summed E-state index contributed by atoms with van der Waals surface area (Å²) in [5, 5.41) is 7.60. The van der Waals surface area contributed by atoms with Gasteiger partial charge in [-0.3, -0.25) is 0 Å². The Bertz CT molecular complexity index is 199. The van der Waals surface area contributed by atoms with Crippen molar-refractivity contribution in [2.75, 3.05) is 19.8 Å². The van der Waals surface area contributed by atoms with Gasteiger partial charge in [0.05, 0.1) is 6.61 Å². The van der Waals surface area contributed by atoms with Gasteiger partial charge in [0.25, 0.3) is 0 Å². The first-order chi connectivity index (χ1) is 6.43. The van der Waals surface area contributed by atoms with Crippen LogP contribution in [0.1, 0.15) is 18.9 Å². The van der Waals surface area contributed by atoms with Crippen LogP contribution >= 0.6 is 11.3 Å². The quantitative estimate of drug-likeness (QED) is 0.680. The Morgan fingerprint density at radius 3 is 3.08 bits per heavy atom. The van der Waals surface area contributed by atoms with Gasteiger partial charge >= 0.3 is 0 Å². The van der Waals surface area contributed by atoms with Crippen LogP contribution < -0.4 is 5.32 Å². The molecule has 2 nitrogen and oxygen atoms in total. The summed E-state index contributed by atoms with van der Waals surface area (Å²) in [4.78, 5) is 0. The maximum absolute atomic E-state index is 5.34. The Balaban J connectivity index is 1.90. The highest BCUT2D eigenvalue weighted by Gasteiger charge is 1.91. The SMILES string of the molecule is CCCOCCNCc1ccsc1. The van der Waals surface area contributed by atoms with Crippen molar-refractivity contribution >= 4 is 11.3 Å². The molecule has 0 bridgehead atoms. The molecule has 0 saturated heterocycles. The first-order valence-electron chi connectivity index (χ1n) is 4.73. The van der Waals surface area contributed by atoms with Crippen LogP contribution in [0.3, 0.4) is 0 Å². The van der Waals surface area contributed by atoms with Gasteiger partial charge in [-0.25, -0.2) is 0 Å². The van der Waals surface area contributed by atoms with Crippen LogP contribution in [-0.4, -0.2) is 19.8 Å². The van der Waals surface area contributed by atoms with E-state index >= 15 is 0 Å². The summed E-state index contributed by atoms with van der Waals surface area (Å²) in [6.07, 6.45) is 1.10. The van der Waals surface area contributed by atoms with E-state index in [9.17, 15) is 0 Å². The van der Waals surface area contributed by atoms with Crippen molar-refractivity contribution in [2.45, 2.75) is 19.9 Å². The standard InChI is InChI=1S/C10H17NOS/c1-2-5-12-6-4-11-8-10-3-7-13-9-10/h3,7,9,11H,2,4-6,8H2,1H3. The average Bonchev–Trinajstić information content (AvgIpc) is 2.63. The minimum atomic E-state index is 0.817. The minimum Gasteiger partial charge on any atom is -0.380 e. The summed E-state index contributed by atoms with van der Waals surface area (Å²) < 4.78 is 5.34. The lowest BCUT2D eigenvalue weighted by Gasteiger charge is -2.03. The molecule has 0 aliphatic carbocycles. The minimum absolute atomic E-state index is 0.817. The Labute approximate surface area is 83.9 Å². The third-order valence-corrected chi connectivity index (χ3v) is 2.41. The van der Waals surface area contributed by atoms with Gasteiger partial charge in [0, 0.05) is 19.7 Å². The monoisotopic (exact) mass is 199 g/mol. The van der Waals surface area contributed by atoms with E-state index in [1.807, 2.05) is 0 Å². The van der Waals surface area contributed by atoms with Crippen LogP contribution in [0, 0.1) is 0 Å². The van der Waals surface area contributed by atoms with E-state index in [0.717, 1.165) is 32.7 Å². The van der Waals surface area contributed by atoms with Crippen LogP contribution in [-0.2, 0) is 11.3 Å². The second kappa shape index (κ2) is 7.06. The average molecular weight is 199 g/mol. The van der Waals surface area contributed by atoms with E-state index in [-0.39, 0.29) is 0 Å². The van der Waals surface area contributed by atoms with Gasteiger partial charge in [-0.15, -0.1) is 0 Å². The summed E-state index contributed by atoms with van der Waals surface area (Å²) in [7, 11) is 0. The molecule has 0 aliphatic heterocycles. The molecule has 0 saturated carbocycles. The Kier molecular flexibility index (Phi) is 5.81. The topological polar surface area (TPSA) is 21.3 Å². The Morgan fingerprint density at radius 2 is 2.38 bits per heavy atom. The number of hydrogen-bond acceptors (Lipinski definition) is 3. The van der Waals surface area contributed by atoms with Gasteiger partial charge in [0.2, 0.25) is 0 Å². The van der Waals surface area contributed by atoms with Crippen molar-refractivity contribution in [1.82, 2.24) is 5.32 Å². The highest BCUT2D eigenvalue weighted by molar-refractivity contribution is 7.07. The zero-order valence-electron chi connectivity index (χ0n) is 8.08. The first kappa shape index (κ1) is 10.7. The smallest absolute Gasteiger partial charge is 0.0591 e. The summed E-state index contributed by atoms with van der Waals surface area (Å²) in [5.41, 5.74) is 1.36. The molecule has 1 aromatic rings. The number of thiophene rings is 1.